The van der Waals surface area contributed by atoms with Crippen LogP contribution in [0.2, 0.25) is 5.02 Å². The Hall–Kier alpha value is -3.36. The average molecular weight is 612 g/mol. The molecule has 0 bridgehead atoms. The Kier molecular flexibility index (Phi) is 12.4. The van der Waals surface area contributed by atoms with Gasteiger partial charge in [-0.2, -0.15) is 0 Å². The number of anilines is 1. The van der Waals surface area contributed by atoms with Crippen molar-refractivity contribution in [1.29, 1.82) is 0 Å². The molecule has 7 nitrogen and oxygen atoms in total. The van der Waals surface area contributed by atoms with E-state index in [9.17, 15) is 18.0 Å². The molecule has 0 saturated heterocycles. The molecular formula is C33H42ClN3O4S. The third-order valence-electron chi connectivity index (χ3n) is 7.29. The highest BCUT2D eigenvalue weighted by Crippen LogP contribution is 2.27. The number of carbonyl (C=O) groups is 2. The van der Waals surface area contributed by atoms with Gasteiger partial charge in [0.2, 0.25) is 21.8 Å². The zero-order valence-electron chi connectivity index (χ0n) is 25.0. The van der Waals surface area contributed by atoms with Gasteiger partial charge in [0.1, 0.15) is 6.04 Å². The highest BCUT2D eigenvalue weighted by Gasteiger charge is 2.31. The lowest BCUT2D eigenvalue weighted by atomic mass is 10.0. The predicted molar refractivity (Wildman–Crippen MR) is 171 cm³/mol. The fourth-order valence-electron chi connectivity index (χ4n) is 4.86. The summed E-state index contributed by atoms with van der Waals surface area (Å²) in [5.41, 5.74) is 4.20. The Morgan fingerprint density at radius 3 is 2.29 bits per heavy atom. The van der Waals surface area contributed by atoms with E-state index in [0.29, 0.717) is 23.7 Å². The van der Waals surface area contributed by atoms with Gasteiger partial charge in [0, 0.05) is 37.5 Å². The summed E-state index contributed by atoms with van der Waals surface area (Å²) >= 11 is 6.18. The number of carbonyl (C=O) groups excluding carboxylic acids is 2. The molecule has 3 aromatic carbocycles. The molecule has 0 radical (unpaired) electrons. The maximum atomic E-state index is 14.0. The number of halogens is 1. The number of rotatable bonds is 15. The van der Waals surface area contributed by atoms with Crippen molar-refractivity contribution in [3.63, 3.8) is 0 Å². The molecule has 0 aromatic heterocycles. The molecule has 0 aliphatic carbocycles. The average Bonchev–Trinajstić information content (AvgIpc) is 2.95. The smallest absolute Gasteiger partial charge is 0.243 e. The molecule has 1 atom stereocenters. The van der Waals surface area contributed by atoms with Crippen molar-refractivity contribution in [3.05, 3.63) is 100 Å². The molecule has 0 saturated carbocycles. The Labute approximate surface area is 255 Å². The number of hydrogen-bond donors (Lipinski definition) is 1. The molecule has 226 valence electrons. The van der Waals surface area contributed by atoms with Crippen LogP contribution in [0.3, 0.4) is 0 Å². The molecule has 0 spiro atoms. The second-order valence-electron chi connectivity index (χ2n) is 10.7. The van der Waals surface area contributed by atoms with E-state index >= 15 is 0 Å². The van der Waals surface area contributed by atoms with Crippen LogP contribution in [0.25, 0.3) is 0 Å². The molecule has 3 aromatic rings. The van der Waals surface area contributed by atoms with E-state index in [0.717, 1.165) is 41.4 Å². The van der Waals surface area contributed by atoms with Gasteiger partial charge in [0.25, 0.3) is 0 Å². The number of sulfonamides is 1. The zero-order chi connectivity index (χ0) is 30.7. The second-order valence-corrected chi connectivity index (χ2v) is 13.0. The molecule has 0 unspecified atom stereocenters. The lowest BCUT2D eigenvalue weighted by molar-refractivity contribution is -0.141. The van der Waals surface area contributed by atoms with Crippen molar-refractivity contribution in [2.24, 2.45) is 0 Å². The van der Waals surface area contributed by atoms with E-state index in [4.69, 9.17) is 11.6 Å². The minimum Gasteiger partial charge on any atom is -0.354 e. The molecule has 0 heterocycles. The number of nitrogens with zero attached hydrogens (tertiary/aromatic N) is 2. The van der Waals surface area contributed by atoms with Gasteiger partial charge >= 0.3 is 0 Å². The fraction of sp³-hybridized carbons (Fsp3) is 0.394. The first-order valence-electron chi connectivity index (χ1n) is 14.4. The summed E-state index contributed by atoms with van der Waals surface area (Å²) in [6.07, 6.45) is 3.66. The van der Waals surface area contributed by atoms with Crippen LogP contribution in [0.5, 0.6) is 0 Å². The lowest BCUT2D eigenvalue weighted by Crippen LogP contribution is -2.50. The molecule has 1 N–H and O–H groups in total. The molecule has 2 amide bonds. The maximum absolute atomic E-state index is 14.0. The van der Waals surface area contributed by atoms with Crippen LogP contribution < -0.4 is 9.62 Å². The highest BCUT2D eigenvalue weighted by atomic mass is 35.5. The van der Waals surface area contributed by atoms with Gasteiger partial charge in [-0.25, -0.2) is 8.42 Å². The predicted octanol–water partition coefficient (Wildman–Crippen LogP) is 6.06. The molecule has 0 fully saturated rings. The molecular weight excluding hydrogens is 570 g/mol. The minimum atomic E-state index is -3.63. The van der Waals surface area contributed by atoms with Gasteiger partial charge in [-0.3, -0.25) is 13.9 Å². The van der Waals surface area contributed by atoms with Crippen molar-refractivity contribution < 1.29 is 18.0 Å². The Bertz CT molecular complexity index is 1450. The number of unbranched alkanes of at least 4 members (excludes halogenated alkanes) is 1. The second kappa shape index (κ2) is 15.8. The van der Waals surface area contributed by atoms with E-state index in [1.807, 2.05) is 68.4 Å². The van der Waals surface area contributed by atoms with Crippen LogP contribution in [0.15, 0.2) is 72.8 Å². The van der Waals surface area contributed by atoms with Crippen LogP contribution in [0, 0.1) is 13.8 Å². The van der Waals surface area contributed by atoms with Gasteiger partial charge in [-0.1, -0.05) is 85.6 Å². The third-order valence-corrected chi connectivity index (χ3v) is 8.71. The highest BCUT2D eigenvalue weighted by molar-refractivity contribution is 7.92. The van der Waals surface area contributed by atoms with Crippen molar-refractivity contribution in [2.45, 2.75) is 65.5 Å². The number of nitrogens with one attached hydrogen (secondary N) is 1. The monoisotopic (exact) mass is 611 g/mol. The van der Waals surface area contributed by atoms with Crippen LogP contribution in [0.4, 0.5) is 5.69 Å². The normalized spacial score (nSPS) is 12.0. The summed E-state index contributed by atoms with van der Waals surface area (Å²) in [5, 5.41) is 3.47. The largest absolute Gasteiger partial charge is 0.354 e. The van der Waals surface area contributed by atoms with Gasteiger partial charge in [-0.15, -0.1) is 0 Å². The summed E-state index contributed by atoms with van der Waals surface area (Å²) in [6.45, 7) is 6.79. The molecule has 3 rings (SSSR count). The van der Waals surface area contributed by atoms with Crippen LogP contribution in [0.1, 0.15) is 54.9 Å². The summed E-state index contributed by atoms with van der Waals surface area (Å²) in [7, 11) is -3.63. The van der Waals surface area contributed by atoms with E-state index in [-0.39, 0.29) is 37.7 Å². The van der Waals surface area contributed by atoms with E-state index < -0.39 is 16.1 Å². The fourth-order valence-corrected chi connectivity index (χ4v) is 6.05. The minimum absolute atomic E-state index is 0.0744. The van der Waals surface area contributed by atoms with E-state index in [2.05, 4.69) is 12.2 Å². The zero-order valence-corrected chi connectivity index (χ0v) is 26.5. The maximum Gasteiger partial charge on any atom is 0.243 e. The molecule has 42 heavy (non-hydrogen) atoms. The lowest BCUT2D eigenvalue weighted by Gasteiger charge is -2.32. The third kappa shape index (κ3) is 9.60. The van der Waals surface area contributed by atoms with E-state index in [1.54, 1.807) is 23.1 Å². The van der Waals surface area contributed by atoms with Gasteiger partial charge in [0.05, 0.1) is 11.9 Å². The molecule has 9 heteroatoms. The Morgan fingerprint density at radius 1 is 0.929 bits per heavy atom. The SMILES string of the molecule is CCCCNC(=O)[C@H](Cc1ccccc1)N(Cc1ccccc1C)C(=O)CCCN(c1cc(Cl)ccc1C)S(C)(=O)=O. The van der Waals surface area contributed by atoms with Crippen molar-refractivity contribution >= 4 is 39.1 Å². The topological polar surface area (TPSA) is 86.8 Å². The quantitative estimate of drug-likeness (QED) is 0.212. The van der Waals surface area contributed by atoms with Crippen LogP contribution >= 0.6 is 11.6 Å². The number of hydrogen-bond acceptors (Lipinski definition) is 4. The Balaban J connectivity index is 1.90. The summed E-state index contributed by atoms with van der Waals surface area (Å²) in [6, 6.07) is 21.9. The van der Waals surface area contributed by atoms with Crippen molar-refractivity contribution in [2.75, 3.05) is 23.7 Å². The van der Waals surface area contributed by atoms with Crippen LogP contribution in [-0.2, 0) is 32.6 Å². The van der Waals surface area contributed by atoms with Crippen LogP contribution in [-0.4, -0.2) is 50.5 Å². The van der Waals surface area contributed by atoms with Gasteiger partial charge < -0.3 is 10.2 Å². The van der Waals surface area contributed by atoms with Crippen molar-refractivity contribution in [1.82, 2.24) is 10.2 Å². The van der Waals surface area contributed by atoms with E-state index in [1.165, 1.54) is 4.31 Å². The first kappa shape index (κ1) is 33.1. The standard InChI is InChI=1S/C33H42ClN3O4S/c1-5-6-20-35-33(39)31(22-27-14-8-7-9-15-27)36(24-28-16-11-10-13-25(28)2)32(38)17-12-21-37(42(4,40)41)30-23-29(34)19-18-26(30)3/h7-11,13-16,18-19,23,31H,5-6,12,17,20-22,24H2,1-4H3,(H,35,39)/t31-/m0/s1. The molecule has 0 aliphatic rings. The first-order valence-corrected chi connectivity index (χ1v) is 16.6. The van der Waals surface area contributed by atoms with Gasteiger partial charge in [0.15, 0.2) is 0 Å². The summed E-state index contributed by atoms with van der Waals surface area (Å²) in [5.74, 6) is -0.400. The Morgan fingerprint density at radius 2 is 1.62 bits per heavy atom. The first-order chi connectivity index (χ1) is 20.0. The van der Waals surface area contributed by atoms with Gasteiger partial charge in [-0.05, 0) is 61.1 Å². The number of benzene rings is 3. The number of amides is 2. The molecule has 0 aliphatic heterocycles. The summed E-state index contributed by atoms with van der Waals surface area (Å²) in [4.78, 5) is 29.2. The summed E-state index contributed by atoms with van der Waals surface area (Å²) < 4.78 is 26.8. The number of aryl methyl sites for hydroxylation is 2. The van der Waals surface area contributed by atoms with Crippen molar-refractivity contribution in [3.8, 4) is 0 Å².